The van der Waals surface area contributed by atoms with E-state index in [2.05, 4.69) is 47.6 Å². The first-order valence-corrected chi connectivity index (χ1v) is 7.42. The number of para-hydroxylation sites is 1. The fourth-order valence-corrected chi connectivity index (χ4v) is 3.99. The van der Waals surface area contributed by atoms with E-state index in [0.717, 1.165) is 36.7 Å². The molecule has 3 aliphatic rings. The third-order valence-corrected chi connectivity index (χ3v) is 5.07. The van der Waals surface area contributed by atoms with Crippen LogP contribution < -0.4 is 0 Å². The molecule has 0 saturated carbocycles. The molecular weight excluding hydrogens is 262 g/mol. The highest BCUT2D eigenvalue weighted by Crippen LogP contribution is 2.52. The second-order valence-electron chi connectivity index (χ2n) is 6.03. The summed E-state index contributed by atoms with van der Waals surface area (Å²) in [7, 11) is 0. The number of furan rings is 1. The van der Waals surface area contributed by atoms with Crippen LogP contribution in [-0.2, 0) is 16.6 Å². The molecule has 1 aromatic heterocycles. The molecule has 0 N–H and O–H groups in total. The van der Waals surface area contributed by atoms with Gasteiger partial charge < -0.3 is 9.15 Å². The molecule has 1 fully saturated rings. The third kappa shape index (κ3) is 1.41. The topological polar surface area (TPSA) is 34.7 Å². The monoisotopic (exact) mass is 277 g/mol. The minimum atomic E-state index is -0.0182. The number of rotatable bonds is 0. The Kier molecular flexibility index (Phi) is 2.10. The number of ether oxygens (including phenoxy) is 1. The van der Waals surface area contributed by atoms with Crippen LogP contribution in [-0.4, -0.2) is 12.8 Å². The van der Waals surface area contributed by atoms with Crippen LogP contribution in [0.3, 0.4) is 0 Å². The van der Waals surface area contributed by atoms with Gasteiger partial charge in [-0.2, -0.15) is 0 Å². The van der Waals surface area contributed by atoms with Crippen LogP contribution in [0, 0.1) is 5.92 Å². The van der Waals surface area contributed by atoms with Crippen molar-refractivity contribution in [1.29, 1.82) is 0 Å². The highest BCUT2D eigenvalue weighted by atomic mass is 16.5. The molecule has 2 unspecified atom stereocenters. The number of hydrogen-bond acceptors (Lipinski definition) is 3. The Hall–Kier alpha value is -2.29. The Morgan fingerprint density at radius 3 is 3.14 bits per heavy atom. The molecule has 1 aliphatic carbocycles. The van der Waals surface area contributed by atoms with Crippen molar-refractivity contribution in [3.8, 4) is 0 Å². The van der Waals surface area contributed by atoms with Crippen LogP contribution in [0.2, 0.25) is 0 Å². The molecule has 2 aliphatic heterocycles. The quantitative estimate of drug-likeness (QED) is 0.732. The molecular formula is C18H15NO2. The van der Waals surface area contributed by atoms with Crippen molar-refractivity contribution in [3.05, 3.63) is 59.2 Å². The largest absolute Gasteiger partial charge is 0.497 e. The molecule has 21 heavy (non-hydrogen) atoms. The summed E-state index contributed by atoms with van der Waals surface area (Å²) in [6.45, 7) is 0.735. The van der Waals surface area contributed by atoms with Gasteiger partial charge in [0, 0.05) is 23.6 Å². The highest BCUT2D eigenvalue weighted by Gasteiger charge is 2.49. The maximum Gasteiger partial charge on any atom is 0.133 e. The number of benzene rings is 1. The van der Waals surface area contributed by atoms with Crippen molar-refractivity contribution in [1.82, 2.24) is 0 Å². The van der Waals surface area contributed by atoms with E-state index < -0.39 is 0 Å². The molecule has 3 heterocycles. The van der Waals surface area contributed by atoms with Crippen molar-refractivity contribution >= 4 is 18.0 Å². The molecule has 0 amide bonds. The average molecular weight is 277 g/mol. The lowest BCUT2D eigenvalue weighted by Crippen LogP contribution is -2.43. The van der Waals surface area contributed by atoms with E-state index in [1.165, 1.54) is 11.1 Å². The zero-order valence-corrected chi connectivity index (χ0v) is 11.6. The lowest BCUT2D eigenvalue weighted by atomic mass is 9.64. The zero-order chi connectivity index (χ0) is 13.9. The second kappa shape index (κ2) is 3.88. The van der Waals surface area contributed by atoms with Gasteiger partial charge in [-0.25, -0.2) is 0 Å². The summed E-state index contributed by atoms with van der Waals surface area (Å²) in [6.07, 6.45) is 7.94. The van der Waals surface area contributed by atoms with Crippen molar-refractivity contribution in [3.63, 3.8) is 0 Å². The number of fused-ring (bicyclic) bond motifs is 5. The van der Waals surface area contributed by atoms with E-state index in [9.17, 15) is 0 Å². The summed E-state index contributed by atoms with van der Waals surface area (Å²) in [4.78, 5) is 4.68. The van der Waals surface area contributed by atoms with E-state index in [1.807, 2.05) is 0 Å². The smallest absolute Gasteiger partial charge is 0.133 e. The first-order chi connectivity index (χ1) is 10.4. The van der Waals surface area contributed by atoms with E-state index in [-0.39, 0.29) is 5.41 Å². The van der Waals surface area contributed by atoms with Gasteiger partial charge in [0.25, 0.3) is 0 Å². The summed E-state index contributed by atoms with van der Waals surface area (Å²) in [5.41, 5.74) is 3.70. The Morgan fingerprint density at radius 2 is 2.14 bits per heavy atom. The average Bonchev–Trinajstić information content (AvgIpc) is 3.12. The fraction of sp³-hybridized carbons (Fsp3) is 0.278. The number of allylic oxidation sites excluding steroid dienone is 1. The van der Waals surface area contributed by atoms with Crippen LogP contribution >= 0.6 is 0 Å². The predicted molar refractivity (Wildman–Crippen MR) is 80.7 cm³/mol. The predicted octanol–water partition coefficient (Wildman–Crippen LogP) is 3.87. The van der Waals surface area contributed by atoms with Gasteiger partial charge in [-0.1, -0.05) is 18.2 Å². The number of hydrogen-bond donors (Lipinski definition) is 0. The fourth-order valence-electron chi connectivity index (χ4n) is 3.99. The normalized spacial score (nSPS) is 28.6. The van der Waals surface area contributed by atoms with Crippen LogP contribution in [0.4, 0.5) is 5.69 Å². The number of aliphatic imine (C=N–C) groups is 1. The van der Waals surface area contributed by atoms with E-state index in [0.29, 0.717) is 5.92 Å². The SMILES string of the molecule is C1=Nc2ccccc2C12CCOC1=Cc3occc3CC12. The molecule has 1 spiro atoms. The number of nitrogens with zero attached hydrogens (tertiary/aromatic N) is 1. The van der Waals surface area contributed by atoms with Gasteiger partial charge in [-0.15, -0.1) is 0 Å². The summed E-state index contributed by atoms with van der Waals surface area (Å²) in [6, 6.07) is 10.6. The van der Waals surface area contributed by atoms with Crippen LogP contribution in [0.15, 0.2) is 51.8 Å². The van der Waals surface area contributed by atoms with Crippen molar-refractivity contribution < 1.29 is 9.15 Å². The van der Waals surface area contributed by atoms with E-state index in [4.69, 9.17) is 9.15 Å². The van der Waals surface area contributed by atoms with Crippen LogP contribution in [0.5, 0.6) is 0 Å². The molecule has 104 valence electrons. The van der Waals surface area contributed by atoms with Crippen molar-refractivity contribution in [2.24, 2.45) is 10.9 Å². The highest BCUT2D eigenvalue weighted by molar-refractivity contribution is 5.87. The van der Waals surface area contributed by atoms with Gasteiger partial charge in [0.15, 0.2) is 0 Å². The van der Waals surface area contributed by atoms with Crippen molar-refractivity contribution in [2.45, 2.75) is 18.3 Å². The van der Waals surface area contributed by atoms with Crippen molar-refractivity contribution in [2.75, 3.05) is 6.61 Å². The minimum Gasteiger partial charge on any atom is -0.497 e. The van der Waals surface area contributed by atoms with Gasteiger partial charge in [0.2, 0.25) is 0 Å². The molecule has 2 aromatic rings. The molecule has 1 aromatic carbocycles. The Morgan fingerprint density at radius 1 is 1.19 bits per heavy atom. The van der Waals surface area contributed by atoms with Gasteiger partial charge >= 0.3 is 0 Å². The van der Waals surface area contributed by atoms with E-state index in [1.54, 1.807) is 6.26 Å². The summed E-state index contributed by atoms with van der Waals surface area (Å²) in [5, 5.41) is 0. The third-order valence-electron chi connectivity index (χ3n) is 5.07. The zero-order valence-electron chi connectivity index (χ0n) is 11.6. The molecule has 2 atom stereocenters. The lowest BCUT2D eigenvalue weighted by Gasteiger charge is -2.42. The molecule has 1 saturated heterocycles. The molecule has 5 rings (SSSR count). The molecule has 0 radical (unpaired) electrons. The molecule has 3 heteroatoms. The van der Waals surface area contributed by atoms with Crippen LogP contribution in [0.1, 0.15) is 23.3 Å². The Labute approximate surface area is 123 Å². The standard InChI is InChI=1S/C18H15NO2/c1-2-4-15-13(3-1)18(11-19-15)6-8-21-17-10-16-12(5-7-20-16)9-14(17)18/h1-5,7,10-11,14H,6,8-9H2. The second-order valence-corrected chi connectivity index (χ2v) is 6.03. The van der Waals surface area contributed by atoms with Gasteiger partial charge in [-0.3, -0.25) is 4.99 Å². The summed E-state index contributed by atoms with van der Waals surface area (Å²) >= 11 is 0. The first-order valence-electron chi connectivity index (χ1n) is 7.42. The Balaban J connectivity index is 1.69. The molecule has 0 bridgehead atoms. The maximum absolute atomic E-state index is 5.95. The summed E-state index contributed by atoms with van der Waals surface area (Å²) < 4.78 is 11.5. The Bertz CT molecular complexity index is 786. The van der Waals surface area contributed by atoms with Gasteiger partial charge in [0.05, 0.1) is 18.6 Å². The minimum absolute atomic E-state index is 0.0182. The van der Waals surface area contributed by atoms with Gasteiger partial charge in [0.1, 0.15) is 11.5 Å². The maximum atomic E-state index is 5.95. The lowest BCUT2D eigenvalue weighted by molar-refractivity contribution is 0.0936. The first kappa shape index (κ1) is 11.4. The van der Waals surface area contributed by atoms with E-state index >= 15 is 0 Å². The van der Waals surface area contributed by atoms with Gasteiger partial charge in [-0.05, 0) is 36.1 Å². The summed E-state index contributed by atoms with van der Waals surface area (Å²) in [5.74, 6) is 2.32. The molecule has 3 nitrogen and oxygen atoms in total. The van der Waals surface area contributed by atoms with Crippen LogP contribution in [0.25, 0.3) is 6.08 Å².